The number of rotatable bonds is 6. The van der Waals surface area contributed by atoms with Crippen molar-refractivity contribution in [1.82, 2.24) is 30.7 Å². The molecule has 0 aromatic carbocycles. The standard InChI is InChI=1S/C21H33N7O.HI/c1-22-21(23-12-11-19-25-20(27-26-19)18-10-6-14-29-18)24-16-7-5-13-28(15-16)17-8-3-2-4-9-17;/h6,10,14,16-17H,2-5,7-9,11-13,15H2,1H3,(H2,22,23,24)(H,25,26,27);1H. The molecule has 8 nitrogen and oxygen atoms in total. The molecule has 0 radical (unpaired) electrons. The Morgan fingerprint density at radius 1 is 1.27 bits per heavy atom. The van der Waals surface area contributed by atoms with E-state index in [4.69, 9.17) is 4.42 Å². The Labute approximate surface area is 195 Å². The van der Waals surface area contributed by atoms with Gasteiger partial charge in [0, 0.05) is 38.6 Å². The van der Waals surface area contributed by atoms with Crippen LogP contribution in [0.4, 0.5) is 0 Å². The lowest BCUT2D eigenvalue weighted by Crippen LogP contribution is -2.53. The molecule has 2 fully saturated rings. The van der Waals surface area contributed by atoms with E-state index in [1.165, 1.54) is 51.5 Å². The molecule has 2 aromatic rings. The van der Waals surface area contributed by atoms with Gasteiger partial charge in [-0.1, -0.05) is 19.3 Å². The molecule has 3 N–H and O–H groups in total. The Bertz CT molecular complexity index is 770. The first-order valence-electron chi connectivity index (χ1n) is 11.0. The van der Waals surface area contributed by atoms with Crippen molar-refractivity contribution in [3.8, 4) is 11.6 Å². The van der Waals surface area contributed by atoms with E-state index in [1.54, 1.807) is 6.26 Å². The number of nitrogens with zero attached hydrogens (tertiary/aromatic N) is 4. The van der Waals surface area contributed by atoms with Gasteiger partial charge in [0.25, 0.3) is 0 Å². The summed E-state index contributed by atoms with van der Waals surface area (Å²) in [6.45, 7) is 3.11. The molecule has 1 aliphatic carbocycles. The van der Waals surface area contributed by atoms with E-state index >= 15 is 0 Å². The van der Waals surface area contributed by atoms with Gasteiger partial charge in [0.15, 0.2) is 11.7 Å². The molecule has 1 unspecified atom stereocenters. The molecule has 0 bridgehead atoms. The van der Waals surface area contributed by atoms with Crippen LogP contribution < -0.4 is 10.6 Å². The zero-order valence-electron chi connectivity index (χ0n) is 17.8. The molecule has 1 saturated carbocycles. The molecule has 1 aliphatic heterocycles. The molecule has 3 heterocycles. The molecule has 30 heavy (non-hydrogen) atoms. The molecular formula is C21H34IN7O. The number of aromatic nitrogens is 3. The molecule has 166 valence electrons. The summed E-state index contributed by atoms with van der Waals surface area (Å²) >= 11 is 0. The summed E-state index contributed by atoms with van der Waals surface area (Å²) in [7, 11) is 1.83. The quantitative estimate of drug-likeness (QED) is 0.304. The second kappa shape index (κ2) is 11.7. The Balaban J connectivity index is 0.00000256. The lowest BCUT2D eigenvalue weighted by atomic mass is 9.92. The molecule has 2 aromatic heterocycles. The van der Waals surface area contributed by atoms with Gasteiger partial charge in [-0.2, -0.15) is 5.10 Å². The van der Waals surface area contributed by atoms with Crippen LogP contribution in [0.15, 0.2) is 27.8 Å². The number of likely N-dealkylation sites (tertiary alicyclic amines) is 1. The summed E-state index contributed by atoms with van der Waals surface area (Å²) < 4.78 is 5.34. The minimum absolute atomic E-state index is 0. The van der Waals surface area contributed by atoms with Gasteiger partial charge in [0.1, 0.15) is 5.82 Å². The fourth-order valence-electron chi connectivity index (χ4n) is 4.51. The van der Waals surface area contributed by atoms with Crippen LogP contribution in [0.5, 0.6) is 0 Å². The summed E-state index contributed by atoms with van der Waals surface area (Å²) in [6.07, 6.45) is 11.8. The lowest BCUT2D eigenvalue weighted by Gasteiger charge is -2.40. The van der Waals surface area contributed by atoms with Crippen molar-refractivity contribution in [2.45, 2.75) is 63.5 Å². The Morgan fingerprint density at radius 2 is 2.13 bits per heavy atom. The fourth-order valence-corrected chi connectivity index (χ4v) is 4.51. The van der Waals surface area contributed by atoms with Crippen molar-refractivity contribution in [1.29, 1.82) is 0 Å². The van der Waals surface area contributed by atoms with Gasteiger partial charge in [-0.15, -0.1) is 24.0 Å². The number of nitrogens with one attached hydrogen (secondary N) is 3. The third-order valence-corrected chi connectivity index (χ3v) is 6.04. The number of furan rings is 1. The van der Waals surface area contributed by atoms with Crippen molar-refractivity contribution < 1.29 is 4.42 Å². The van der Waals surface area contributed by atoms with Crippen LogP contribution in [0.3, 0.4) is 0 Å². The van der Waals surface area contributed by atoms with Crippen LogP contribution in [0.1, 0.15) is 50.8 Å². The van der Waals surface area contributed by atoms with Gasteiger partial charge < -0.3 is 15.1 Å². The van der Waals surface area contributed by atoms with E-state index < -0.39 is 0 Å². The first kappa shape index (κ1) is 23.1. The second-order valence-corrected chi connectivity index (χ2v) is 8.10. The summed E-state index contributed by atoms with van der Waals surface area (Å²) in [5.74, 6) is 2.97. The van der Waals surface area contributed by atoms with Gasteiger partial charge in [0.05, 0.1) is 6.26 Å². The average molecular weight is 527 g/mol. The largest absolute Gasteiger partial charge is 0.461 e. The summed E-state index contributed by atoms with van der Waals surface area (Å²) in [6, 6.07) is 4.95. The minimum Gasteiger partial charge on any atom is -0.461 e. The molecular weight excluding hydrogens is 493 g/mol. The summed E-state index contributed by atoms with van der Waals surface area (Å²) in [4.78, 5) is 11.6. The van der Waals surface area contributed by atoms with Crippen LogP contribution in [0.25, 0.3) is 11.6 Å². The van der Waals surface area contributed by atoms with Crippen LogP contribution in [0, 0.1) is 0 Å². The minimum atomic E-state index is 0. The van der Waals surface area contributed by atoms with Crippen molar-refractivity contribution in [2.24, 2.45) is 4.99 Å². The number of halogens is 1. The normalized spacial score (nSPS) is 21.2. The first-order valence-corrected chi connectivity index (χ1v) is 11.0. The number of guanidine groups is 1. The first-order chi connectivity index (χ1) is 14.3. The van der Waals surface area contributed by atoms with Crippen molar-refractivity contribution >= 4 is 29.9 Å². The number of H-pyrrole nitrogens is 1. The third kappa shape index (κ3) is 6.19. The average Bonchev–Trinajstić information content (AvgIpc) is 3.46. The number of aliphatic imine (C=N–C) groups is 1. The highest BCUT2D eigenvalue weighted by atomic mass is 127. The number of hydrogen-bond donors (Lipinski definition) is 3. The van der Waals surface area contributed by atoms with Crippen LogP contribution in [0.2, 0.25) is 0 Å². The predicted molar refractivity (Wildman–Crippen MR) is 129 cm³/mol. The van der Waals surface area contributed by atoms with Crippen LogP contribution in [-0.2, 0) is 6.42 Å². The summed E-state index contributed by atoms with van der Waals surface area (Å²) in [5, 5.41) is 14.2. The van der Waals surface area contributed by atoms with E-state index in [2.05, 4.69) is 35.7 Å². The molecule has 2 aliphatic rings. The second-order valence-electron chi connectivity index (χ2n) is 8.10. The number of aromatic amines is 1. The number of piperidine rings is 1. The van der Waals surface area contributed by atoms with E-state index in [0.29, 0.717) is 17.6 Å². The monoisotopic (exact) mass is 527 g/mol. The van der Waals surface area contributed by atoms with Gasteiger partial charge in [-0.25, -0.2) is 4.98 Å². The molecule has 9 heteroatoms. The molecule has 0 spiro atoms. The molecule has 0 amide bonds. The van der Waals surface area contributed by atoms with Gasteiger partial charge in [-0.05, 0) is 44.4 Å². The fraction of sp³-hybridized carbons (Fsp3) is 0.667. The highest BCUT2D eigenvalue weighted by Gasteiger charge is 2.27. The van der Waals surface area contributed by atoms with Crippen LogP contribution in [-0.4, -0.2) is 64.8 Å². The highest BCUT2D eigenvalue weighted by Crippen LogP contribution is 2.25. The van der Waals surface area contributed by atoms with Crippen molar-refractivity contribution in [3.63, 3.8) is 0 Å². The lowest BCUT2D eigenvalue weighted by molar-refractivity contribution is 0.115. The van der Waals surface area contributed by atoms with E-state index in [9.17, 15) is 0 Å². The molecule has 1 saturated heterocycles. The zero-order valence-corrected chi connectivity index (χ0v) is 20.1. The van der Waals surface area contributed by atoms with Gasteiger partial charge >= 0.3 is 0 Å². The summed E-state index contributed by atoms with van der Waals surface area (Å²) in [5.41, 5.74) is 0. The van der Waals surface area contributed by atoms with Gasteiger partial charge in [-0.3, -0.25) is 15.0 Å². The topological polar surface area (TPSA) is 94.4 Å². The predicted octanol–water partition coefficient (Wildman–Crippen LogP) is 3.19. The molecule has 1 atom stereocenters. The van der Waals surface area contributed by atoms with E-state index in [1.807, 2.05) is 19.2 Å². The Morgan fingerprint density at radius 3 is 2.90 bits per heavy atom. The maximum Gasteiger partial charge on any atom is 0.216 e. The highest BCUT2D eigenvalue weighted by molar-refractivity contribution is 14.0. The maximum absolute atomic E-state index is 5.34. The Kier molecular flexibility index (Phi) is 8.98. The van der Waals surface area contributed by atoms with E-state index in [-0.39, 0.29) is 24.0 Å². The third-order valence-electron chi connectivity index (χ3n) is 6.04. The smallest absolute Gasteiger partial charge is 0.216 e. The van der Waals surface area contributed by atoms with Crippen LogP contribution >= 0.6 is 24.0 Å². The number of hydrogen-bond acceptors (Lipinski definition) is 5. The SMILES string of the molecule is CN=C(NCCc1nc(-c2ccco2)n[nH]1)NC1CCCN(C2CCCCC2)C1.I. The Hall–Kier alpha value is -1.62. The molecule has 4 rings (SSSR count). The van der Waals surface area contributed by atoms with Gasteiger partial charge in [0.2, 0.25) is 5.82 Å². The maximum atomic E-state index is 5.34. The van der Waals surface area contributed by atoms with Crippen molar-refractivity contribution in [2.75, 3.05) is 26.7 Å². The van der Waals surface area contributed by atoms with E-state index in [0.717, 1.165) is 37.3 Å². The van der Waals surface area contributed by atoms with Crippen molar-refractivity contribution in [3.05, 3.63) is 24.2 Å². The zero-order chi connectivity index (χ0) is 19.9.